The lowest BCUT2D eigenvalue weighted by atomic mass is 10.2. The molecule has 0 saturated carbocycles. The zero-order valence-corrected chi connectivity index (χ0v) is 18.0. The Bertz CT molecular complexity index is 1050. The minimum atomic E-state index is -3.84. The molecule has 9 heteroatoms. The van der Waals surface area contributed by atoms with Crippen LogP contribution in [-0.4, -0.2) is 37.6 Å². The van der Waals surface area contributed by atoms with Gasteiger partial charge in [-0.25, -0.2) is 8.42 Å². The minimum absolute atomic E-state index is 0.0935. The summed E-state index contributed by atoms with van der Waals surface area (Å²) in [6, 6.07) is 18.0. The van der Waals surface area contributed by atoms with E-state index in [9.17, 15) is 13.2 Å². The molecule has 0 aliphatic carbocycles. The Kier molecular flexibility index (Phi) is 7.67. The van der Waals surface area contributed by atoms with E-state index in [2.05, 4.69) is 9.88 Å². The van der Waals surface area contributed by atoms with E-state index in [1.807, 2.05) is 36.6 Å². The predicted octanol–water partition coefficient (Wildman–Crippen LogP) is 3.49. The average molecular weight is 447 g/mol. The van der Waals surface area contributed by atoms with Gasteiger partial charge in [0.15, 0.2) is 5.76 Å². The number of sulfonamides is 1. The number of thioether (sulfide) groups is 1. The van der Waals surface area contributed by atoms with Gasteiger partial charge in [0.1, 0.15) is 18.3 Å². The van der Waals surface area contributed by atoms with Gasteiger partial charge in [0.2, 0.25) is 10.0 Å². The Morgan fingerprint density at radius 3 is 2.47 bits per heavy atom. The standard InChI is InChI=1S/C21H22N2O5S2/c1-29-13-12-19(23-30(25,26)18-10-6-3-7-11-18)21(24)27-15-17-14-20(28-22-17)16-8-4-2-5-9-16/h2-11,14,19,23H,12-13,15H2,1H3. The van der Waals surface area contributed by atoms with Crippen molar-refractivity contribution in [3.63, 3.8) is 0 Å². The predicted molar refractivity (Wildman–Crippen MR) is 115 cm³/mol. The number of benzene rings is 2. The van der Waals surface area contributed by atoms with Crippen LogP contribution in [0, 0.1) is 0 Å². The molecule has 3 aromatic rings. The van der Waals surface area contributed by atoms with E-state index in [0.717, 1.165) is 5.56 Å². The molecule has 0 aliphatic heterocycles. The van der Waals surface area contributed by atoms with Crippen LogP contribution in [0.2, 0.25) is 0 Å². The Morgan fingerprint density at radius 2 is 1.80 bits per heavy atom. The van der Waals surface area contributed by atoms with Crippen molar-refractivity contribution in [2.75, 3.05) is 12.0 Å². The summed E-state index contributed by atoms with van der Waals surface area (Å²) in [5.74, 6) is 0.498. The maximum atomic E-state index is 12.6. The number of carbonyl (C=O) groups excluding carboxylic acids is 1. The third kappa shape index (κ3) is 5.94. The van der Waals surface area contributed by atoms with Gasteiger partial charge in [-0.2, -0.15) is 16.5 Å². The Hall–Kier alpha value is -2.62. The molecule has 1 N–H and O–H groups in total. The maximum absolute atomic E-state index is 12.6. The van der Waals surface area contributed by atoms with Crippen molar-refractivity contribution in [2.24, 2.45) is 0 Å². The average Bonchev–Trinajstić information content (AvgIpc) is 3.25. The molecule has 2 aromatic carbocycles. The Morgan fingerprint density at radius 1 is 1.13 bits per heavy atom. The van der Waals surface area contributed by atoms with Crippen molar-refractivity contribution in [2.45, 2.75) is 24.0 Å². The zero-order valence-electron chi connectivity index (χ0n) is 16.4. The molecule has 0 saturated heterocycles. The lowest BCUT2D eigenvalue weighted by Crippen LogP contribution is -2.42. The van der Waals surface area contributed by atoms with Crippen molar-refractivity contribution in [3.05, 3.63) is 72.4 Å². The van der Waals surface area contributed by atoms with Gasteiger partial charge >= 0.3 is 5.97 Å². The van der Waals surface area contributed by atoms with Crippen LogP contribution in [0.3, 0.4) is 0 Å². The molecule has 1 aromatic heterocycles. The minimum Gasteiger partial charge on any atom is -0.458 e. The smallest absolute Gasteiger partial charge is 0.324 e. The molecule has 0 bridgehead atoms. The SMILES string of the molecule is CSCCC(NS(=O)(=O)c1ccccc1)C(=O)OCc1cc(-c2ccccc2)on1. The fourth-order valence-corrected chi connectivity index (χ4v) is 4.39. The van der Waals surface area contributed by atoms with Crippen molar-refractivity contribution in [1.29, 1.82) is 0 Å². The molecule has 158 valence electrons. The van der Waals surface area contributed by atoms with Gasteiger partial charge < -0.3 is 9.26 Å². The van der Waals surface area contributed by atoms with E-state index in [4.69, 9.17) is 9.26 Å². The lowest BCUT2D eigenvalue weighted by molar-refractivity contribution is -0.147. The molecular weight excluding hydrogens is 424 g/mol. The molecule has 1 atom stereocenters. The number of ether oxygens (including phenoxy) is 1. The van der Waals surface area contributed by atoms with Crippen molar-refractivity contribution in [1.82, 2.24) is 9.88 Å². The second kappa shape index (κ2) is 10.4. The van der Waals surface area contributed by atoms with Crippen LogP contribution in [0.4, 0.5) is 0 Å². The fourth-order valence-electron chi connectivity index (χ4n) is 2.68. The molecule has 1 unspecified atom stereocenters. The maximum Gasteiger partial charge on any atom is 0.324 e. The monoisotopic (exact) mass is 446 g/mol. The van der Waals surface area contributed by atoms with Crippen LogP contribution in [0.25, 0.3) is 11.3 Å². The first-order valence-electron chi connectivity index (χ1n) is 9.23. The summed E-state index contributed by atoms with van der Waals surface area (Å²) in [7, 11) is -3.84. The third-order valence-corrected chi connectivity index (χ3v) is 6.36. The zero-order chi connectivity index (χ0) is 21.4. The van der Waals surface area contributed by atoms with E-state index < -0.39 is 22.0 Å². The highest BCUT2D eigenvalue weighted by Gasteiger charge is 2.27. The summed E-state index contributed by atoms with van der Waals surface area (Å²) in [6.07, 6.45) is 2.19. The quantitative estimate of drug-likeness (QED) is 0.476. The number of nitrogens with one attached hydrogen (secondary N) is 1. The number of nitrogens with zero attached hydrogens (tertiary/aromatic N) is 1. The van der Waals surface area contributed by atoms with Gasteiger partial charge in [-0.05, 0) is 30.6 Å². The van der Waals surface area contributed by atoms with Crippen LogP contribution in [0.15, 0.2) is 76.1 Å². The number of carbonyl (C=O) groups is 1. The van der Waals surface area contributed by atoms with Crippen LogP contribution >= 0.6 is 11.8 Å². The number of aromatic nitrogens is 1. The summed E-state index contributed by atoms with van der Waals surface area (Å²) in [4.78, 5) is 12.7. The van der Waals surface area contributed by atoms with E-state index in [1.165, 1.54) is 23.9 Å². The largest absolute Gasteiger partial charge is 0.458 e. The van der Waals surface area contributed by atoms with Crippen molar-refractivity contribution in [3.8, 4) is 11.3 Å². The van der Waals surface area contributed by atoms with E-state index >= 15 is 0 Å². The van der Waals surface area contributed by atoms with Crippen LogP contribution < -0.4 is 4.72 Å². The molecule has 0 spiro atoms. The van der Waals surface area contributed by atoms with Crippen molar-refractivity contribution >= 4 is 27.8 Å². The van der Waals surface area contributed by atoms with Gasteiger partial charge in [0, 0.05) is 11.6 Å². The molecular formula is C21H22N2O5S2. The summed E-state index contributed by atoms with van der Waals surface area (Å²) in [5, 5.41) is 3.91. The van der Waals surface area contributed by atoms with Crippen LogP contribution in [-0.2, 0) is 26.2 Å². The second-order valence-corrected chi connectivity index (χ2v) is 9.12. The molecule has 0 radical (unpaired) electrons. The fraction of sp³-hybridized carbons (Fsp3) is 0.238. The van der Waals surface area contributed by atoms with Gasteiger partial charge in [-0.3, -0.25) is 4.79 Å². The summed E-state index contributed by atoms with van der Waals surface area (Å²) in [5.41, 5.74) is 1.30. The second-order valence-electron chi connectivity index (χ2n) is 6.42. The van der Waals surface area contributed by atoms with Crippen molar-refractivity contribution < 1.29 is 22.5 Å². The number of hydrogen-bond acceptors (Lipinski definition) is 7. The number of esters is 1. The molecule has 30 heavy (non-hydrogen) atoms. The highest BCUT2D eigenvalue weighted by Crippen LogP contribution is 2.20. The van der Waals surface area contributed by atoms with E-state index in [1.54, 1.807) is 24.3 Å². The Labute approximate surface area is 179 Å². The molecule has 1 heterocycles. The molecule has 0 amide bonds. The Balaban J connectivity index is 1.65. The van der Waals surface area contributed by atoms with Gasteiger partial charge in [-0.1, -0.05) is 53.7 Å². The van der Waals surface area contributed by atoms with E-state index in [-0.39, 0.29) is 11.5 Å². The summed E-state index contributed by atoms with van der Waals surface area (Å²) >= 11 is 1.51. The van der Waals surface area contributed by atoms with Gasteiger partial charge in [0.25, 0.3) is 0 Å². The third-order valence-electron chi connectivity index (χ3n) is 4.23. The van der Waals surface area contributed by atoms with Gasteiger partial charge in [0.05, 0.1) is 4.90 Å². The first-order chi connectivity index (χ1) is 14.5. The molecule has 7 nitrogen and oxygen atoms in total. The number of hydrogen-bond donors (Lipinski definition) is 1. The molecule has 3 rings (SSSR count). The first-order valence-corrected chi connectivity index (χ1v) is 12.1. The summed E-state index contributed by atoms with van der Waals surface area (Å²) < 4.78 is 38.2. The normalized spacial score (nSPS) is 12.4. The van der Waals surface area contributed by atoms with Gasteiger partial charge in [-0.15, -0.1) is 0 Å². The van der Waals surface area contributed by atoms with Crippen LogP contribution in [0.1, 0.15) is 12.1 Å². The highest BCUT2D eigenvalue weighted by atomic mass is 32.2. The molecule has 0 aliphatic rings. The molecule has 0 fully saturated rings. The van der Waals surface area contributed by atoms with E-state index in [0.29, 0.717) is 23.6 Å². The highest BCUT2D eigenvalue weighted by molar-refractivity contribution is 7.98. The van der Waals surface area contributed by atoms with Crippen LogP contribution in [0.5, 0.6) is 0 Å². The number of rotatable bonds is 10. The summed E-state index contributed by atoms with van der Waals surface area (Å²) in [6.45, 7) is -0.113. The topological polar surface area (TPSA) is 98.5 Å². The first kappa shape index (κ1) is 22.1. The lowest BCUT2D eigenvalue weighted by Gasteiger charge is -2.17.